The number of ether oxygens (including phenoxy) is 1. The zero-order chi connectivity index (χ0) is 22.9. The Bertz CT molecular complexity index is 823. The third-order valence-electron chi connectivity index (χ3n) is 6.16. The number of hydrogen-bond acceptors (Lipinski definition) is 5. The fraction of sp³-hybridized carbons (Fsp3) is 0.739. The van der Waals surface area contributed by atoms with Gasteiger partial charge in [0.05, 0.1) is 36.9 Å². The summed E-state index contributed by atoms with van der Waals surface area (Å²) in [6, 6.07) is -0.103. The summed E-state index contributed by atoms with van der Waals surface area (Å²) in [5.41, 5.74) is 0.572. The van der Waals surface area contributed by atoms with Gasteiger partial charge in [0.1, 0.15) is 0 Å². The summed E-state index contributed by atoms with van der Waals surface area (Å²) in [6.07, 6.45) is 7.75. The van der Waals surface area contributed by atoms with Gasteiger partial charge in [0, 0.05) is 19.6 Å². The summed E-state index contributed by atoms with van der Waals surface area (Å²) < 4.78 is 8.06. The minimum absolute atomic E-state index is 0.000462. The maximum atomic E-state index is 12.7. The summed E-state index contributed by atoms with van der Waals surface area (Å²) in [5, 5.41) is 13.7. The lowest BCUT2D eigenvalue weighted by molar-refractivity contribution is -0.138. The van der Waals surface area contributed by atoms with Crippen LogP contribution < -0.4 is 10.6 Å². The van der Waals surface area contributed by atoms with E-state index >= 15 is 0 Å². The highest BCUT2D eigenvalue weighted by molar-refractivity contribution is 5.79. The molecule has 4 atom stereocenters. The molecule has 3 amide bonds. The quantitative estimate of drug-likeness (QED) is 0.598. The topological polar surface area (TPSA) is 101 Å². The van der Waals surface area contributed by atoms with Crippen LogP contribution in [0.4, 0.5) is 4.79 Å². The Kier molecular flexibility index (Phi) is 8.91. The Morgan fingerprint density at radius 3 is 2.78 bits per heavy atom. The van der Waals surface area contributed by atoms with Crippen molar-refractivity contribution < 1.29 is 14.3 Å². The van der Waals surface area contributed by atoms with E-state index in [4.69, 9.17) is 4.74 Å². The molecular weight excluding hydrogens is 408 g/mol. The second-order valence-electron chi connectivity index (χ2n) is 8.77. The summed E-state index contributed by atoms with van der Waals surface area (Å²) >= 11 is 0. The number of hydrogen-bond donors (Lipinski definition) is 2. The first kappa shape index (κ1) is 24.1. The molecule has 0 bridgehead atoms. The van der Waals surface area contributed by atoms with E-state index in [0.29, 0.717) is 12.2 Å². The van der Waals surface area contributed by atoms with Crippen LogP contribution in [0.5, 0.6) is 0 Å². The monoisotopic (exact) mass is 444 g/mol. The van der Waals surface area contributed by atoms with E-state index in [1.54, 1.807) is 4.68 Å². The summed E-state index contributed by atoms with van der Waals surface area (Å²) in [5.74, 6) is 5.96. The zero-order valence-corrected chi connectivity index (χ0v) is 19.5. The van der Waals surface area contributed by atoms with Crippen LogP contribution >= 0.6 is 0 Å². The molecule has 1 aromatic heterocycles. The van der Waals surface area contributed by atoms with Crippen LogP contribution in [-0.2, 0) is 9.53 Å². The summed E-state index contributed by atoms with van der Waals surface area (Å²) in [4.78, 5) is 26.1. The molecule has 3 rings (SSSR count). The lowest BCUT2D eigenvalue weighted by atomic mass is 9.99. The fourth-order valence-corrected chi connectivity index (χ4v) is 4.26. The summed E-state index contributed by atoms with van der Waals surface area (Å²) in [6.45, 7) is 8.75. The Balaban J connectivity index is 1.42. The molecule has 0 spiro atoms. The van der Waals surface area contributed by atoms with E-state index in [2.05, 4.69) is 39.7 Å². The van der Waals surface area contributed by atoms with E-state index in [1.165, 1.54) is 0 Å². The SMILES string of the molecule is CCCNC(=O)NCC#Cc1cn([C@H](C)C[C@@H]2CC[C@H]([C@@H](C)C(=O)N3CCCC3)O2)nn1. The normalized spacial score (nSPS) is 22.2. The Hall–Kier alpha value is -2.60. The van der Waals surface area contributed by atoms with Crippen LogP contribution in [0.2, 0.25) is 0 Å². The molecule has 0 radical (unpaired) electrons. The van der Waals surface area contributed by atoms with Gasteiger partial charge in [-0.2, -0.15) is 0 Å². The minimum Gasteiger partial charge on any atom is -0.374 e. The maximum absolute atomic E-state index is 12.7. The molecule has 0 aromatic carbocycles. The average molecular weight is 445 g/mol. The third-order valence-corrected chi connectivity index (χ3v) is 6.16. The number of carbonyl (C=O) groups is 2. The first-order chi connectivity index (χ1) is 15.5. The molecule has 3 heterocycles. The number of rotatable bonds is 8. The van der Waals surface area contributed by atoms with Crippen molar-refractivity contribution >= 4 is 11.9 Å². The molecular formula is C23H36N6O3. The first-order valence-electron chi connectivity index (χ1n) is 11.8. The van der Waals surface area contributed by atoms with Crippen molar-refractivity contribution in [1.82, 2.24) is 30.5 Å². The fourth-order valence-electron chi connectivity index (χ4n) is 4.26. The largest absolute Gasteiger partial charge is 0.374 e. The van der Waals surface area contributed by atoms with Crippen LogP contribution in [0.1, 0.15) is 71.0 Å². The molecule has 2 aliphatic heterocycles. The third kappa shape index (κ3) is 6.70. The van der Waals surface area contributed by atoms with Crippen molar-refractivity contribution in [3.8, 4) is 11.8 Å². The van der Waals surface area contributed by atoms with Crippen LogP contribution in [0.3, 0.4) is 0 Å². The second-order valence-corrected chi connectivity index (χ2v) is 8.77. The van der Waals surface area contributed by atoms with Gasteiger partial charge >= 0.3 is 6.03 Å². The van der Waals surface area contributed by atoms with Crippen LogP contribution in [0.15, 0.2) is 6.20 Å². The summed E-state index contributed by atoms with van der Waals surface area (Å²) in [7, 11) is 0. The number of nitrogens with zero attached hydrogens (tertiary/aromatic N) is 4. The highest BCUT2D eigenvalue weighted by Gasteiger charge is 2.36. The number of urea groups is 1. The van der Waals surface area contributed by atoms with Crippen molar-refractivity contribution in [3.63, 3.8) is 0 Å². The molecule has 32 heavy (non-hydrogen) atoms. The first-order valence-corrected chi connectivity index (χ1v) is 11.8. The maximum Gasteiger partial charge on any atom is 0.315 e. The highest BCUT2D eigenvalue weighted by atomic mass is 16.5. The van der Waals surface area contributed by atoms with Gasteiger partial charge in [0.2, 0.25) is 5.91 Å². The zero-order valence-electron chi connectivity index (χ0n) is 19.5. The van der Waals surface area contributed by atoms with Gasteiger partial charge in [0.25, 0.3) is 0 Å². The number of nitrogens with one attached hydrogen (secondary N) is 2. The lowest BCUT2D eigenvalue weighted by Gasteiger charge is -2.25. The number of aromatic nitrogens is 3. The predicted molar refractivity (Wildman–Crippen MR) is 121 cm³/mol. The van der Waals surface area contributed by atoms with Gasteiger partial charge in [-0.3, -0.25) is 4.79 Å². The molecule has 9 heteroatoms. The van der Waals surface area contributed by atoms with Crippen LogP contribution in [0.25, 0.3) is 0 Å². The van der Waals surface area contributed by atoms with E-state index in [0.717, 1.165) is 51.6 Å². The van der Waals surface area contributed by atoms with Gasteiger partial charge in [-0.05, 0) is 51.4 Å². The standard InChI is InChI=1S/C23H36N6O3/c1-4-11-24-23(31)25-12-7-8-19-16-29(27-26-19)17(2)15-20-9-10-21(32-20)18(3)22(30)28-13-5-6-14-28/h16-18,20-21H,4-6,9-15H2,1-3H3,(H2,24,25,31)/t17-,18-,20+,21-/m1/s1. The van der Waals surface area contributed by atoms with Crippen LogP contribution in [-0.4, -0.2) is 70.2 Å². The molecule has 1 aromatic rings. The molecule has 0 aliphatic carbocycles. The molecule has 2 saturated heterocycles. The smallest absolute Gasteiger partial charge is 0.315 e. The predicted octanol–water partition coefficient (Wildman–Crippen LogP) is 2.10. The lowest BCUT2D eigenvalue weighted by Crippen LogP contribution is -2.38. The van der Waals surface area contributed by atoms with Crippen molar-refractivity contribution in [2.24, 2.45) is 5.92 Å². The van der Waals surface area contributed by atoms with Gasteiger partial charge in [-0.25, -0.2) is 9.48 Å². The van der Waals surface area contributed by atoms with Gasteiger partial charge in [-0.15, -0.1) is 5.10 Å². The number of carbonyl (C=O) groups excluding carboxylic acids is 2. The van der Waals surface area contributed by atoms with Crippen molar-refractivity contribution in [1.29, 1.82) is 0 Å². The van der Waals surface area contributed by atoms with Gasteiger partial charge in [0.15, 0.2) is 5.69 Å². The highest BCUT2D eigenvalue weighted by Crippen LogP contribution is 2.31. The molecule has 0 saturated carbocycles. The number of likely N-dealkylation sites (tertiary alicyclic amines) is 1. The molecule has 176 valence electrons. The Morgan fingerprint density at radius 2 is 2.03 bits per heavy atom. The Labute approximate surface area is 190 Å². The molecule has 2 aliphatic rings. The molecule has 9 nitrogen and oxygen atoms in total. The van der Waals surface area contributed by atoms with Crippen molar-refractivity contribution in [2.75, 3.05) is 26.2 Å². The molecule has 2 fully saturated rings. The van der Waals surface area contributed by atoms with Crippen LogP contribution in [0, 0.1) is 17.8 Å². The minimum atomic E-state index is -0.218. The van der Waals surface area contributed by atoms with E-state index < -0.39 is 0 Å². The van der Waals surface area contributed by atoms with Crippen molar-refractivity contribution in [2.45, 2.75) is 77.5 Å². The van der Waals surface area contributed by atoms with E-state index in [9.17, 15) is 9.59 Å². The Morgan fingerprint density at radius 1 is 1.25 bits per heavy atom. The molecule has 0 unspecified atom stereocenters. The second kappa shape index (κ2) is 11.9. The average Bonchev–Trinajstić information content (AvgIpc) is 3.56. The van der Waals surface area contributed by atoms with Gasteiger partial charge in [-0.1, -0.05) is 25.0 Å². The van der Waals surface area contributed by atoms with Gasteiger partial charge < -0.3 is 20.3 Å². The van der Waals surface area contributed by atoms with Crippen molar-refractivity contribution in [3.05, 3.63) is 11.9 Å². The van der Waals surface area contributed by atoms with E-state index in [1.807, 2.05) is 24.9 Å². The van der Waals surface area contributed by atoms with E-state index in [-0.39, 0.29) is 42.7 Å². The number of amides is 3. The molecule has 2 N–H and O–H groups in total.